The highest BCUT2D eigenvalue weighted by Crippen LogP contribution is 2.43. The van der Waals surface area contributed by atoms with Crippen LogP contribution in [0.25, 0.3) is 22.2 Å². The van der Waals surface area contributed by atoms with Crippen molar-refractivity contribution in [3.8, 4) is 22.8 Å². The molecular weight excluding hydrogens is 440 g/mol. The molecule has 7 heteroatoms. The second kappa shape index (κ2) is 8.36. The maximum atomic E-state index is 13.6. The Morgan fingerprint density at radius 2 is 1.86 bits per heavy atom. The zero-order chi connectivity index (χ0) is 23.9. The van der Waals surface area contributed by atoms with Crippen LogP contribution in [0.15, 0.2) is 79.0 Å². The van der Waals surface area contributed by atoms with Gasteiger partial charge in [-0.3, -0.25) is 9.89 Å². The maximum Gasteiger partial charge on any atom is 0.273 e. The summed E-state index contributed by atoms with van der Waals surface area (Å²) in [6, 6.07) is 22.6. The lowest BCUT2D eigenvalue weighted by Gasteiger charge is -2.26. The van der Waals surface area contributed by atoms with Gasteiger partial charge in [-0.2, -0.15) is 5.10 Å². The summed E-state index contributed by atoms with van der Waals surface area (Å²) < 4.78 is 5.40. The van der Waals surface area contributed by atoms with Crippen molar-refractivity contribution in [2.45, 2.75) is 12.5 Å². The Labute approximate surface area is 202 Å². The Balaban J connectivity index is 1.39. The molecule has 3 heterocycles. The molecule has 6 rings (SSSR count). The first-order valence-corrected chi connectivity index (χ1v) is 11.5. The molecule has 1 aliphatic rings. The van der Waals surface area contributed by atoms with E-state index in [1.807, 2.05) is 71.8 Å². The predicted octanol–water partition coefficient (Wildman–Crippen LogP) is 5.06. The standard InChI is InChI=1S/C28H24N4O3/c1-35-21-11-12-23-22(15-21)19(16-29-23)13-14-32-27(18-7-9-20(33)10-8-18)24-25(17-5-3-2-4-6-17)30-31-26(24)28(32)34/h2-12,15-16,27,29,33H,13-14H2,1H3,(H,30,31)/t27-/m0/s1. The van der Waals surface area contributed by atoms with E-state index in [9.17, 15) is 9.90 Å². The van der Waals surface area contributed by atoms with Gasteiger partial charge in [-0.25, -0.2) is 0 Å². The minimum Gasteiger partial charge on any atom is -0.508 e. The third kappa shape index (κ3) is 3.52. The Bertz CT molecular complexity index is 1520. The van der Waals surface area contributed by atoms with E-state index in [2.05, 4.69) is 15.2 Å². The second-order valence-electron chi connectivity index (χ2n) is 8.69. The number of carbonyl (C=O) groups excluding carboxylic acids is 1. The van der Waals surface area contributed by atoms with Crippen molar-refractivity contribution in [2.24, 2.45) is 0 Å². The highest BCUT2D eigenvalue weighted by molar-refractivity contribution is 6.00. The summed E-state index contributed by atoms with van der Waals surface area (Å²) in [7, 11) is 1.66. The van der Waals surface area contributed by atoms with Crippen LogP contribution in [-0.4, -0.2) is 44.7 Å². The molecule has 0 aliphatic carbocycles. The van der Waals surface area contributed by atoms with Gasteiger partial charge in [0.1, 0.15) is 17.2 Å². The molecule has 5 aromatic rings. The first kappa shape index (κ1) is 21.0. The summed E-state index contributed by atoms with van der Waals surface area (Å²) in [5.41, 5.74) is 6.18. The van der Waals surface area contributed by atoms with E-state index in [0.717, 1.165) is 44.6 Å². The molecule has 2 aromatic heterocycles. The Morgan fingerprint density at radius 3 is 2.63 bits per heavy atom. The average molecular weight is 465 g/mol. The number of carbonyl (C=O) groups is 1. The van der Waals surface area contributed by atoms with Gasteiger partial charge in [-0.15, -0.1) is 0 Å². The molecule has 0 saturated carbocycles. The number of aromatic nitrogens is 3. The summed E-state index contributed by atoms with van der Waals surface area (Å²) >= 11 is 0. The van der Waals surface area contributed by atoms with Crippen LogP contribution in [0.2, 0.25) is 0 Å². The number of phenols is 1. The SMILES string of the molecule is COc1ccc2[nH]cc(CCN3C(=O)c4[nH]nc(-c5ccccc5)c4[C@@H]3c3ccc(O)cc3)c2c1. The number of rotatable bonds is 6. The summed E-state index contributed by atoms with van der Waals surface area (Å²) in [5, 5.41) is 18.5. The number of aromatic hydroxyl groups is 1. The molecule has 0 spiro atoms. The zero-order valence-electron chi connectivity index (χ0n) is 19.2. The molecule has 35 heavy (non-hydrogen) atoms. The number of phenolic OH excluding ortho intramolecular Hbond substituents is 1. The minimum atomic E-state index is -0.313. The van der Waals surface area contributed by atoms with Crippen LogP contribution in [0.3, 0.4) is 0 Å². The molecule has 0 saturated heterocycles. The number of amides is 1. The largest absolute Gasteiger partial charge is 0.508 e. The lowest BCUT2D eigenvalue weighted by Crippen LogP contribution is -2.31. The van der Waals surface area contributed by atoms with Crippen LogP contribution in [0, 0.1) is 0 Å². The Morgan fingerprint density at radius 1 is 1.06 bits per heavy atom. The third-order valence-corrected chi connectivity index (χ3v) is 6.72. The third-order valence-electron chi connectivity index (χ3n) is 6.72. The number of ether oxygens (including phenoxy) is 1. The maximum absolute atomic E-state index is 13.6. The van der Waals surface area contributed by atoms with Gasteiger partial charge in [0.15, 0.2) is 0 Å². The Kier molecular flexibility index (Phi) is 5.03. The fourth-order valence-electron chi connectivity index (χ4n) is 4.98. The molecule has 1 aliphatic heterocycles. The molecule has 0 fully saturated rings. The molecule has 3 aromatic carbocycles. The second-order valence-corrected chi connectivity index (χ2v) is 8.69. The van der Waals surface area contributed by atoms with Crippen LogP contribution in [-0.2, 0) is 6.42 Å². The van der Waals surface area contributed by atoms with Crippen molar-refractivity contribution in [3.63, 3.8) is 0 Å². The van der Waals surface area contributed by atoms with Crippen LogP contribution in [0.4, 0.5) is 0 Å². The molecule has 174 valence electrons. The van der Waals surface area contributed by atoms with Gasteiger partial charge in [-0.05, 0) is 47.9 Å². The lowest BCUT2D eigenvalue weighted by atomic mass is 9.96. The quantitative estimate of drug-likeness (QED) is 0.327. The topological polar surface area (TPSA) is 94.2 Å². The predicted molar refractivity (Wildman–Crippen MR) is 134 cm³/mol. The summed E-state index contributed by atoms with van der Waals surface area (Å²) in [6.07, 6.45) is 2.67. The zero-order valence-corrected chi connectivity index (χ0v) is 19.2. The van der Waals surface area contributed by atoms with Gasteiger partial charge < -0.3 is 19.7 Å². The number of nitrogens with one attached hydrogen (secondary N) is 2. The number of methoxy groups -OCH3 is 1. The highest BCUT2D eigenvalue weighted by atomic mass is 16.5. The van der Waals surface area contributed by atoms with Crippen molar-refractivity contribution in [1.29, 1.82) is 0 Å². The normalized spacial score (nSPS) is 15.1. The van der Waals surface area contributed by atoms with Crippen LogP contribution >= 0.6 is 0 Å². The van der Waals surface area contributed by atoms with E-state index in [1.54, 1.807) is 19.2 Å². The van der Waals surface area contributed by atoms with E-state index >= 15 is 0 Å². The summed E-state index contributed by atoms with van der Waals surface area (Å²) in [4.78, 5) is 18.8. The molecule has 0 radical (unpaired) electrons. The van der Waals surface area contributed by atoms with Gasteiger partial charge in [0.05, 0.1) is 18.8 Å². The minimum absolute atomic E-state index is 0.0785. The van der Waals surface area contributed by atoms with Crippen LogP contribution in [0.5, 0.6) is 11.5 Å². The van der Waals surface area contributed by atoms with E-state index in [4.69, 9.17) is 4.74 Å². The number of fused-ring (bicyclic) bond motifs is 2. The van der Waals surface area contributed by atoms with Crippen molar-refractivity contribution in [3.05, 3.63) is 101 Å². The van der Waals surface area contributed by atoms with E-state index in [1.165, 1.54) is 0 Å². The van der Waals surface area contributed by atoms with Crippen LogP contribution < -0.4 is 4.74 Å². The first-order valence-electron chi connectivity index (χ1n) is 11.5. The van der Waals surface area contributed by atoms with Crippen molar-refractivity contribution in [1.82, 2.24) is 20.1 Å². The number of hydrogen-bond donors (Lipinski definition) is 3. The van der Waals surface area contributed by atoms with E-state index in [0.29, 0.717) is 18.7 Å². The molecular formula is C28H24N4O3. The molecule has 7 nitrogen and oxygen atoms in total. The smallest absolute Gasteiger partial charge is 0.273 e. The Hall–Kier alpha value is -4.52. The summed E-state index contributed by atoms with van der Waals surface area (Å²) in [6.45, 7) is 0.519. The van der Waals surface area contributed by atoms with Gasteiger partial charge in [0, 0.05) is 34.8 Å². The molecule has 0 bridgehead atoms. The first-order chi connectivity index (χ1) is 17.1. The average Bonchev–Trinajstić information content (AvgIpc) is 3.57. The fourth-order valence-corrected chi connectivity index (χ4v) is 4.98. The monoisotopic (exact) mass is 464 g/mol. The number of nitrogens with zero attached hydrogens (tertiary/aromatic N) is 2. The summed E-state index contributed by atoms with van der Waals surface area (Å²) in [5.74, 6) is 0.907. The number of aromatic amines is 2. The van der Waals surface area contributed by atoms with Gasteiger partial charge in [0.2, 0.25) is 0 Å². The molecule has 0 unspecified atom stereocenters. The van der Waals surface area contributed by atoms with Gasteiger partial charge >= 0.3 is 0 Å². The lowest BCUT2D eigenvalue weighted by molar-refractivity contribution is 0.0746. The molecule has 1 amide bonds. The van der Waals surface area contributed by atoms with Crippen LogP contribution in [0.1, 0.15) is 33.2 Å². The van der Waals surface area contributed by atoms with Crippen molar-refractivity contribution in [2.75, 3.05) is 13.7 Å². The fraction of sp³-hybridized carbons (Fsp3) is 0.143. The van der Waals surface area contributed by atoms with E-state index < -0.39 is 0 Å². The molecule has 3 N–H and O–H groups in total. The number of H-pyrrole nitrogens is 2. The van der Waals surface area contributed by atoms with Crippen molar-refractivity contribution >= 4 is 16.8 Å². The van der Waals surface area contributed by atoms with Gasteiger partial charge in [-0.1, -0.05) is 42.5 Å². The number of hydrogen-bond acceptors (Lipinski definition) is 4. The number of benzene rings is 3. The van der Waals surface area contributed by atoms with E-state index in [-0.39, 0.29) is 17.7 Å². The van der Waals surface area contributed by atoms with Crippen molar-refractivity contribution < 1.29 is 14.6 Å². The molecule has 1 atom stereocenters. The van der Waals surface area contributed by atoms with Gasteiger partial charge in [0.25, 0.3) is 5.91 Å². The highest BCUT2D eigenvalue weighted by Gasteiger charge is 2.42.